The molecule has 0 saturated heterocycles. The van der Waals surface area contributed by atoms with Crippen molar-refractivity contribution in [2.24, 2.45) is 0 Å². The maximum atomic E-state index is 6.04. The Balaban J connectivity index is 1.75. The highest BCUT2D eigenvalue weighted by Crippen LogP contribution is 2.31. The number of ether oxygens (including phenoxy) is 1. The van der Waals surface area contributed by atoms with E-state index in [2.05, 4.69) is 85.1 Å². The second-order valence-corrected chi connectivity index (χ2v) is 9.33. The molecule has 0 atom stereocenters. The van der Waals surface area contributed by atoms with E-state index in [4.69, 9.17) is 4.74 Å². The first-order valence-electron chi connectivity index (χ1n) is 9.73. The first kappa shape index (κ1) is 21.3. The first-order chi connectivity index (χ1) is 13.6. The van der Waals surface area contributed by atoms with Gasteiger partial charge in [-0.15, -0.1) is 0 Å². The fourth-order valence-corrected chi connectivity index (χ4v) is 3.41. The molecule has 0 aliphatic carbocycles. The van der Waals surface area contributed by atoms with Crippen molar-refractivity contribution in [1.29, 1.82) is 0 Å². The van der Waals surface area contributed by atoms with E-state index in [-0.39, 0.29) is 5.41 Å². The zero-order valence-corrected chi connectivity index (χ0v) is 19.1. The Bertz CT molecular complexity index is 974. The van der Waals surface area contributed by atoms with E-state index in [1.165, 1.54) is 22.7 Å². The van der Waals surface area contributed by atoms with Crippen molar-refractivity contribution in [3.63, 3.8) is 0 Å². The van der Waals surface area contributed by atoms with Crippen molar-refractivity contribution in [1.82, 2.24) is 24.2 Å². The molecule has 0 spiro atoms. The molecule has 0 aliphatic heterocycles. The molecule has 154 valence electrons. The van der Waals surface area contributed by atoms with Gasteiger partial charge in [-0.2, -0.15) is 9.36 Å². The van der Waals surface area contributed by atoms with Gasteiger partial charge in [-0.05, 0) is 57.1 Å². The van der Waals surface area contributed by atoms with Crippen molar-refractivity contribution in [3.8, 4) is 22.5 Å². The zero-order chi connectivity index (χ0) is 21.2. The third-order valence-electron chi connectivity index (χ3n) is 4.72. The summed E-state index contributed by atoms with van der Waals surface area (Å²) in [7, 11) is 4.18. The lowest BCUT2D eigenvalue weighted by atomic mass is 9.93. The lowest BCUT2D eigenvalue weighted by Gasteiger charge is -2.16. The summed E-state index contributed by atoms with van der Waals surface area (Å²) in [6.45, 7) is 11.5. The molecule has 0 fully saturated rings. The number of hydrogen-bond acceptors (Lipinski definition) is 7. The second-order valence-electron chi connectivity index (χ2n) is 8.62. The van der Waals surface area contributed by atoms with Gasteiger partial charge in [0.25, 0.3) is 5.19 Å². The van der Waals surface area contributed by atoms with E-state index in [1.807, 2.05) is 0 Å². The van der Waals surface area contributed by atoms with Gasteiger partial charge in [0, 0.05) is 29.7 Å². The fraction of sp³-hybridized carbons (Fsp3) is 0.455. The number of hydrogen-bond donors (Lipinski definition) is 0. The Morgan fingerprint density at radius 3 is 2.41 bits per heavy atom. The molecule has 2 heterocycles. The van der Waals surface area contributed by atoms with E-state index >= 15 is 0 Å². The number of likely N-dealkylation sites (N-methyl/N-ethyl adjacent to an activating group) is 1. The molecule has 0 N–H and O–H groups in total. The summed E-state index contributed by atoms with van der Waals surface area (Å²) >= 11 is 1.22. The van der Waals surface area contributed by atoms with Gasteiger partial charge >= 0.3 is 0 Å². The molecule has 0 aliphatic rings. The van der Waals surface area contributed by atoms with Crippen LogP contribution in [0.25, 0.3) is 11.5 Å². The van der Waals surface area contributed by atoms with Crippen LogP contribution in [-0.2, 0) is 11.8 Å². The zero-order valence-electron chi connectivity index (χ0n) is 18.3. The van der Waals surface area contributed by atoms with E-state index in [0.29, 0.717) is 16.7 Å². The summed E-state index contributed by atoms with van der Waals surface area (Å²) in [5.74, 6) is 1.35. The summed E-state index contributed by atoms with van der Waals surface area (Å²) in [6.07, 6.45) is 4.53. The predicted molar refractivity (Wildman–Crippen MR) is 118 cm³/mol. The van der Waals surface area contributed by atoms with Crippen LogP contribution < -0.4 is 4.74 Å². The fourth-order valence-electron chi connectivity index (χ4n) is 2.85. The Hall–Kier alpha value is -2.38. The summed E-state index contributed by atoms with van der Waals surface area (Å²) in [4.78, 5) is 15.7. The van der Waals surface area contributed by atoms with Crippen LogP contribution in [0.5, 0.6) is 10.9 Å². The monoisotopic (exact) mass is 411 g/mol. The third-order valence-corrected chi connectivity index (χ3v) is 5.31. The summed E-state index contributed by atoms with van der Waals surface area (Å²) in [5, 5.41) is 0.505. The van der Waals surface area contributed by atoms with Crippen molar-refractivity contribution < 1.29 is 4.74 Å². The molecule has 1 aromatic carbocycles. The Kier molecular flexibility index (Phi) is 6.29. The van der Waals surface area contributed by atoms with Crippen molar-refractivity contribution in [3.05, 3.63) is 46.9 Å². The minimum atomic E-state index is -0.0383. The van der Waals surface area contributed by atoms with Crippen LogP contribution in [0.4, 0.5) is 0 Å². The molecular formula is C22H29N5OS. The molecule has 0 bridgehead atoms. The lowest BCUT2D eigenvalue weighted by Crippen LogP contribution is -2.15. The maximum Gasteiger partial charge on any atom is 0.299 e. The molecule has 0 saturated carbocycles. The van der Waals surface area contributed by atoms with Crippen LogP contribution in [0.1, 0.15) is 43.2 Å². The van der Waals surface area contributed by atoms with E-state index in [1.54, 1.807) is 12.4 Å². The highest BCUT2D eigenvalue weighted by atomic mass is 32.1. The molecule has 3 rings (SSSR count). The van der Waals surface area contributed by atoms with Crippen LogP contribution in [0.2, 0.25) is 0 Å². The normalized spacial score (nSPS) is 11.9. The average molecular weight is 412 g/mol. The second kappa shape index (κ2) is 8.55. The number of aryl methyl sites for hydroxylation is 2. The highest BCUT2D eigenvalue weighted by Gasteiger charge is 2.17. The minimum Gasteiger partial charge on any atom is -0.430 e. The van der Waals surface area contributed by atoms with Gasteiger partial charge in [-0.1, -0.05) is 26.8 Å². The van der Waals surface area contributed by atoms with Crippen LogP contribution in [-0.4, -0.2) is 44.9 Å². The van der Waals surface area contributed by atoms with Gasteiger partial charge in [0.2, 0.25) is 0 Å². The van der Waals surface area contributed by atoms with Crippen molar-refractivity contribution in [2.45, 2.75) is 46.5 Å². The molecule has 2 aromatic heterocycles. The Labute approximate surface area is 177 Å². The van der Waals surface area contributed by atoms with Gasteiger partial charge in [-0.3, -0.25) is 4.98 Å². The lowest BCUT2D eigenvalue weighted by molar-refractivity contribution is 0.413. The standard InChI is InChI=1S/C22H29N5OS/c1-14-11-18(15(2)10-16(14)8-9-27(6)7)28-21-25-20(26-29-21)17-12-24-19(13-23-17)22(3,4)5/h10-13H,8-9H2,1-7H3. The molecule has 0 radical (unpaired) electrons. The van der Waals surface area contributed by atoms with Crippen molar-refractivity contribution >= 4 is 11.5 Å². The smallest absolute Gasteiger partial charge is 0.299 e. The van der Waals surface area contributed by atoms with Crippen LogP contribution in [0.15, 0.2) is 24.5 Å². The van der Waals surface area contributed by atoms with Crippen LogP contribution in [0.3, 0.4) is 0 Å². The maximum absolute atomic E-state index is 6.04. The number of nitrogens with zero attached hydrogens (tertiary/aromatic N) is 5. The third kappa shape index (κ3) is 5.36. The SMILES string of the molecule is Cc1cc(Oc2nc(-c3cnc(C(C)(C)C)cn3)ns2)c(C)cc1CCN(C)C. The molecule has 0 amide bonds. The molecule has 3 aromatic rings. The molecular weight excluding hydrogens is 382 g/mol. The summed E-state index contributed by atoms with van der Waals surface area (Å²) in [6, 6.07) is 4.28. The van der Waals surface area contributed by atoms with Gasteiger partial charge in [0.1, 0.15) is 11.4 Å². The first-order valence-corrected chi connectivity index (χ1v) is 10.5. The van der Waals surface area contributed by atoms with Crippen LogP contribution >= 0.6 is 11.5 Å². The van der Waals surface area contributed by atoms with E-state index in [9.17, 15) is 0 Å². The number of rotatable bonds is 6. The van der Waals surface area contributed by atoms with E-state index < -0.39 is 0 Å². The van der Waals surface area contributed by atoms with Crippen molar-refractivity contribution in [2.75, 3.05) is 20.6 Å². The Morgan fingerprint density at radius 2 is 1.79 bits per heavy atom. The summed E-state index contributed by atoms with van der Waals surface area (Å²) in [5.41, 5.74) is 5.21. The van der Waals surface area contributed by atoms with Gasteiger partial charge < -0.3 is 9.64 Å². The van der Waals surface area contributed by atoms with Gasteiger partial charge in [0.05, 0.1) is 11.9 Å². The highest BCUT2D eigenvalue weighted by molar-refractivity contribution is 7.07. The quantitative estimate of drug-likeness (QED) is 0.580. The molecule has 6 nitrogen and oxygen atoms in total. The van der Waals surface area contributed by atoms with Gasteiger partial charge in [0.15, 0.2) is 5.82 Å². The van der Waals surface area contributed by atoms with Crippen LogP contribution in [0, 0.1) is 13.8 Å². The molecule has 29 heavy (non-hydrogen) atoms. The van der Waals surface area contributed by atoms with E-state index in [0.717, 1.165) is 30.0 Å². The van der Waals surface area contributed by atoms with Gasteiger partial charge in [-0.25, -0.2) is 4.98 Å². The summed E-state index contributed by atoms with van der Waals surface area (Å²) < 4.78 is 10.4. The number of benzene rings is 1. The minimum absolute atomic E-state index is 0.0383. The topological polar surface area (TPSA) is 64.0 Å². The average Bonchev–Trinajstić information content (AvgIpc) is 3.11. The largest absolute Gasteiger partial charge is 0.430 e. The Morgan fingerprint density at radius 1 is 1.03 bits per heavy atom. The molecule has 7 heteroatoms. The molecule has 0 unspecified atom stereocenters. The predicted octanol–water partition coefficient (Wildman–Crippen LogP) is 4.81. The number of aromatic nitrogens is 4.